The van der Waals surface area contributed by atoms with Crippen molar-refractivity contribution in [1.29, 1.82) is 0 Å². The number of rotatable bonds is 5. The van der Waals surface area contributed by atoms with Crippen LogP contribution in [0.15, 0.2) is 68.7 Å². The van der Waals surface area contributed by atoms with Crippen LogP contribution in [0.3, 0.4) is 0 Å². The van der Waals surface area contributed by atoms with Crippen LogP contribution in [0.1, 0.15) is 39.2 Å². The molecule has 1 aliphatic rings. The van der Waals surface area contributed by atoms with Crippen LogP contribution in [0.4, 0.5) is 5.69 Å². The molecule has 3 heterocycles. The topological polar surface area (TPSA) is 93.1 Å². The molecule has 1 N–H and O–H groups in total. The van der Waals surface area contributed by atoms with Crippen molar-refractivity contribution in [3.63, 3.8) is 0 Å². The normalized spacial score (nSPS) is 16.0. The van der Waals surface area contributed by atoms with Gasteiger partial charge in [-0.1, -0.05) is 17.7 Å². The Morgan fingerprint density at radius 1 is 1.03 bits per heavy atom. The molecule has 4 aromatic rings. The fourth-order valence-corrected chi connectivity index (χ4v) is 4.55. The second kappa shape index (κ2) is 8.36. The number of methoxy groups -OCH3 is 1. The number of benzene rings is 2. The first kappa shape index (κ1) is 22.8. The minimum absolute atomic E-state index is 0.0647. The van der Waals surface area contributed by atoms with E-state index in [1.165, 1.54) is 18.1 Å². The fourth-order valence-electron chi connectivity index (χ4n) is 4.33. The number of ether oxygens (including phenoxy) is 1. The van der Waals surface area contributed by atoms with Crippen molar-refractivity contribution in [3.05, 3.63) is 93.3 Å². The molecule has 178 valence electrons. The molecule has 1 amide bonds. The van der Waals surface area contributed by atoms with Gasteiger partial charge in [-0.15, -0.1) is 0 Å². The highest BCUT2D eigenvalue weighted by atomic mass is 35.5. The van der Waals surface area contributed by atoms with Crippen molar-refractivity contribution in [3.8, 4) is 5.75 Å². The zero-order chi connectivity index (χ0) is 25.0. The van der Waals surface area contributed by atoms with Gasteiger partial charge in [0.1, 0.15) is 17.6 Å². The summed E-state index contributed by atoms with van der Waals surface area (Å²) < 4.78 is 17.0. The number of aliphatic hydroxyl groups excluding tert-OH is 1. The summed E-state index contributed by atoms with van der Waals surface area (Å²) >= 11 is 6.16. The lowest BCUT2D eigenvalue weighted by Gasteiger charge is -2.25. The third kappa shape index (κ3) is 3.68. The number of ketones is 1. The zero-order valence-corrected chi connectivity index (χ0v) is 20.3. The van der Waals surface area contributed by atoms with Crippen molar-refractivity contribution < 1.29 is 28.3 Å². The number of carbonyl (C=O) groups excluding carboxylic acids is 2. The standard InChI is InChI=1S/C27H22ClNO6/c1-13-5-7-18(9-14(13)2)29-23(19-8-6-15(3)34-19)22(25(31)27(29)32)24(30)20-11-16-10-17(28)12-21(33-4)26(16)35-20/h5-12,23,31H,1-4H3. The Balaban J connectivity index is 1.66. The van der Waals surface area contributed by atoms with E-state index < -0.39 is 23.5 Å². The first-order chi connectivity index (χ1) is 16.7. The molecule has 5 rings (SSSR count). The smallest absolute Gasteiger partial charge is 0.294 e. The number of hydrogen-bond acceptors (Lipinski definition) is 6. The summed E-state index contributed by atoms with van der Waals surface area (Å²) in [6.07, 6.45) is 0. The van der Waals surface area contributed by atoms with E-state index in [1.807, 2.05) is 26.0 Å². The molecule has 0 bridgehead atoms. The number of aliphatic hydroxyl groups is 1. The van der Waals surface area contributed by atoms with Crippen LogP contribution >= 0.6 is 11.6 Å². The van der Waals surface area contributed by atoms with Gasteiger partial charge in [-0.25, -0.2) is 0 Å². The molecule has 8 heteroatoms. The molecule has 35 heavy (non-hydrogen) atoms. The van der Waals surface area contributed by atoms with Crippen LogP contribution in [-0.4, -0.2) is 23.9 Å². The van der Waals surface area contributed by atoms with Crippen molar-refractivity contribution in [2.45, 2.75) is 26.8 Å². The van der Waals surface area contributed by atoms with Crippen LogP contribution in [-0.2, 0) is 4.79 Å². The molecule has 0 saturated carbocycles. The number of fused-ring (bicyclic) bond motifs is 1. The molecule has 0 aliphatic carbocycles. The number of furan rings is 2. The Bertz CT molecular complexity index is 1540. The number of anilines is 1. The first-order valence-corrected chi connectivity index (χ1v) is 11.3. The maximum Gasteiger partial charge on any atom is 0.294 e. The quantitative estimate of drug-likeness (QED) is 0.325. The van der Waals surface area contributed by atoms with Crippen molar-refractivity contribution >= 4 is 39.9 Å². The predicted molar refractivity (Wildman–Crippen MR) is 131 cm³/mol. The average molecular weight is 492 g/mol. The van der Waals surface area contributed by atoms with Gasteiger partial charge in [0, 0.05) is 22.2 Å². The van der Waals surface area contributed by atoms with Gasteiger partial charge in [0.25, 0.3) is 5.91 Å². The molecular formula is C27H22ClNO6. The molecule has 2 aromatic heterocycles. The van der Waals surface area contributed by atoms with Gasteiger partial charge in [0.2, 0.25) is 5.78 Å². The monoisotopic (exact) mass is 491 g/mol. The van der Waals surface area contributed by atoms with Gasteiger partial charge in [-0.05, 0) is 68.3 Å². The van der Waals surface area contributed by atoms with Crippen LogP contribution in [0.25, 0.3) is 11.0 Å². The minimum atomic E-state index is -0.982. The molecule has 7 nitrogen and oxygen atoms in total. The van der Waals surface area contributed by atoms with Gasteiger partial charge in [-0.3, -0.25) is 14.5 Å². The van der Waals surface area contributed by atoms with E-state index in [0.29, 0.717) is 38.9 Å². The highest BCUT2D eigenvalue weighted by molar-refractivity contribution is 6.31. The van der Waals surface area contributed by atoms with Crippen LogP contribution in [0.2, 0.25) is 5.02 Å². The molecule has 2 aromatic carbocycles. The van der Waals surface area contributed by atoms with Crippen LogP contribution in [0.5, 0.6) is 5.75 Å². The first-order valence-electron chi connectivity index (χ1n) is 10.9. The van der Waals surface area contributed by atoms with E-state index in [-0.39, 0.29) is 11.3 Å². The second-order valence-corrected chi connectivity index (χ2v) is 8.96. The van der Waals surface area contributed by atoms with Gasteiger partial charge < -0.3 is 18.7 Å². The Hall–Kier alpha value is -3.97. The predicted octanol–water partition coefficient (Wildman–Crippen LogP) is 6.40. The lowest BCUT2D eigenvalue weighted by Crippen LogP contribution is -2.30. The number of halogens is 1. The number of amides is 1. The third-order valence-corrected chi connectivity index (χ3v) is 6.46. The van der Waals surface area contributed by atoms with Gasteiger partial charge >= 0.3 is 0 Å². The SMILES string of the molecule is COc1cc(Cl)cc2cc(C(=O)C3=C(O)C(=O)N(c4ccc(C)c(C)c4)C3c3ccc(C)o3)oc12. The van der Waals surface area contributed by atoms with E-state index >= 15 is 0 Å². The molecular weight excluding hydrogens is 470 g/mol. The molecule has 1 unspecified atom stereocenters. The molecule has 0 saturated heterocycles. The van der Waals surface area contributed by atoms with E-state index in [1.54, 1.807) is 37.3 Å². The number of carbonyl (C=O) groups is 2. The maximum atomic E-state index is 13.7. The van der Waals surface area contributed by atoms with Crippen LogP contribution in [0, 0.1) is 20.8 Å². The van der Waals surface area contributed by atoms with Crippen molar-refractivity contribution in [2.75, 3.05) is 12.0 Å². The van der Waals surface area contributed by atoms with Gasteiger partial charge in [0.05, 0.1) is 12.7 Å². The van der Waals surface area contributed by atoms with E-state index in [2.05, 4.69) is 0 Å². The minimum Gasteiger partial charge on any atom is -0.503 e. The van der Waals surface area contributed by atoms with Gasteiger partial charge in [0.15, 0.2) is 22.9 Å². The third-order valence-electron chi connectivity index (χ3n) is 6.24. The van der Waals surface area contributed by atoms with Crippen molar-refractivity contribution in [1.82, 2.24) is 0 Å². The Kier molecular flexibility index (Phi) is 5.44. The molecule has 1 atom stereocenters. The second-order valence-electron chi connectivity index (χ2n) is 8.52. The summed E-state index contributed by atoms with van der Waals surface area (Å²) in [5, 5.41) is 11.9. The van der Waals surface area contributed by atoms with Gasteiger partial charge in [-0.2, -0.15) is 0 Å². The highest BCUT2D eigenvalue weighted by Gasteiger charge is 2.47. The Labute approximate surface area is 206 Å². The Morgan fingerprint density at radius 3 is 2.46 bits per heavy atom. The lowest BCUT2D eigenvalue weighted by atomic mass is 9.99. The summed E-state index contributed by atoms with van der Waals surface area (Å²) in [6.45, 7) is 5.66. The van der Waals surface area contributed by atoms with E-state index in [0.717, 1.165) is 11.1 Å². The summed E-state index contributed by atoms with van der Waals surface area (Å²) in [5.74, 6) is -0.750. The summed E-state index contributed by atoms with van der Waals surface area (Å²) in [6, 6.07) is 12.7. The lowest BCUT2D eigenvalue weighted by molar-refractivity contribution is -0.117. The fraction of sp³-hybridized carbons (Fsp3) is 0.185. The number of aryl methyl sites for hydroxylation is 3. The molecule has 0 radical (unpaired) electrons. The number of hydrogen-bond donors (Lipinski definition) is 1. The molecule has 0 fully saturated rings. The highest BCUT2D eigenvalue weighted by Crippen LogP contribution is 2.43. The summed E-state index contributed by atoms with van der Waals surface area (Å²) in [5.41, 5.74) is 2.75. The van der Waals surface area contributed by atoms with E-state index in [9.17, 15) is 14.7 Å². The summed E-state index contributed by atoms with van der Waals surface area (Å²) in [4.78, 5) is 28.4. The van der Waals surface area contributed by atoms with Crippen LogP contribution < -0.4 is 9.64 Å². The zero-order valence-electron chi connectivity index (χ0n) is 19.5. The molecule has 0 spiro atoms. The average Bonchev–Trinajstić information content (AvgIpc) is 3.51. The number of nitrogens with zero attached hydrogens (tertiary/aromatic N) is 1. The molecule has 1 aliphatic heterocycles. The summed E-state index contributed by atoms with van der Waals surface area (Å²) in [7, 11) is 1.47. The Morgan fingerprint density at radius 2 is 1.80 bits per heavy atom. The largest absolute Gasteiger partial charge is 0.503 e. The number of Topliss-reactive ketones (excluding diaryl/α,β-unsaturated/α-hetero) is 1. The van der Waals surface area contributed by atoms with E-state index in [4.69, 9.17) is 25.2 Å². The van der Waals surface area contributed by atoms with Crippen molar-refractivity contribution in [2.24, 2.45) is 0 Å². The maximum absolute atomic E-state index is 13.7.